The molecule has 19 heavy (non-hydrogen) atoms. The van der Waals surface area contributed by atoms with Gasteiger partial charge in [0.2, 0.25) is 0 Å². The number of rotatable bonds is 7. The molecule has 1 aromatic heterocycles. The fourth-order valence-electron chi connectivity index (χ4n) is 2.12. The highest BCUT2D eigenvalue weighted by Gasteiger charge is 2.16. The Kier molecular flexibility index (Phi) is 5.60. The highest BCUT2D eigenvalue weighted by molar-refractivity contribution is 5.76. The van der Waals surface area contributed by atoms with E-state index in [1.807, 2.05) is 0 Å². The molecule has 1 atom stereocenters. The first kappa shape index (κ1) is 15.3. The first-order chi connectivity index (χ1) is 9.04. The molecule has 0 spiro atoms. The van der Waals surface area contributed by atoms with Gasteiger partial charge in [-0.05, 0) is 12.3 Å². The molecular formula is C14H21NO4. The van der Waals surface area contributed by atoms with Gasteiger partial charge in [0.1, 0.15) is 5.69 Å². The van der Waals surface area contributed by atoms with Crippen molar-refractivity contribution in [1.82, 2.24) is 4.57 Å². The van der Waals surface area contributed by atoms with Crippen LogP contribution in [0.3, 0.4) is 0 Å². The lowest BCUT2D eigenvalue weighted by atomic mass is 9.99. The molecule has 0 fully saturated rings. The number of pyridine rings is 1. The van der Waals surface area contributed by atoms with E-state index in [-0.39, 0.29) is 5.69 Å². The Bertz CT molecular complexity index is 493. The molecule has 0 aliphatic rings. The predicted molar refractivity (Wildman–Crippen MR) is 72.7 cm³/mol. The van der Waals surface area contributed by atoms with Crippen molar-refractivity contribution in [3.63, 3.8) is 0 Å². The highest BCUT2D eigenvalue weighted by Crippen LogP contribution is 2.20. The molecule has 1 heterocycles. The van der Waals surface area contributed by atoms with E-state index in [9.17, 15) is 19.8 Å². The zero-order valence-corrected chi connectivity index (χ0v) is 11.4. The van der Waals surface area contributed by atoms with Crippen LogP contribution in [0.15, 0.2) is 11.0 Å². The van der Waals surface area contributed by atoms with Crippen LogP contribution in [0.25, 0.3) is 0 Å². The Morgan fingerprint density at radius 3 is 2.58 bits per heavy atom. The highest BCUT2D eigenvalue weighted by atomic mass is 16.3. The fraction of sp³-hybridized carbons (Fsp3) is 0.571. The van der Waals surface area contributed by atoms with Crippen molar-refractivity contribution in [2.45, 2.75) is 46.1 Å². The molecule has 0 saturated carbocycles. The van der Waals surface area contributed by atoms with Gasteiger partial charge in [0.15, 0.2) is 17.8 Å². The van der Waals surface area contributed by atoms with Crippen LogP contribution in [0, 0.1) is 5.92 Å². The second-order valence-electron chi connectivity index (χ2n) is 4.76. The molecular weight excluding hydrogens is 246 g/mol. The Balaban J connectivity index is 3.05. The summed E-state index contributed by atoms with van der Waals surface area (Å²) in [5, 5.41) is 19.0. The summed E-state index contributed by atoms with van der Waals surface area (Å²) in [4.78, 5) is 22.3. The van der Waals surface area contributed by atoms with Gasteiger partial charge in [-0.1, -0.05) is 33.1 Å². The Morgan fingerprint density at radius 1 is 1.37 bits per heavy atom. The van der Waals surface area contributed by atoms with E-state index in [1.165, 1.54) is 10.8 Å². The first-order valence-electron chi connectivity index (χ1n) is 6.65. The molecule has 0 aliphatic heterocycles. The minimum Gasteiger partial charge on any atom is -0.503 e. The van der Waals surface area contributed by atoms with Crippen molar-refractivity contribution in [3.8, 4) is 11.5 Å². The third-order valence-corrected chi connectivity index (χ3v) is 3.39. The summed E-state index contributed by atoms with van der Waals surface area (Å²) in [6.07, 6.45) is 5.80. The molecule has 0 saturated heterocycles. The van der Waals surface area contributed by atoms with Gasteiger partial charge in [-0.3, -0.25) is 9.59 Å². The van der Waals surface area contributed by atoms with E-state index in [1.54, 1.807) is 0 Å². The number of carbonyl (C=O) groups excluding carboxylic acids is 1. The number of carbonyl (C=O) groups is 1. The molecule has 2 N–H and O–H groups in total. The van der Waals surface area contributed by atoms with Gasteiger partial charge in [0.05, 0.1) is 6.20 Å². The smallest absolute Gasteiger partial charge is 0.265 e. The number of aromatic hydroxyl groups is 2. The van der Waals surface area contributed by atoms with Crippen molar-refractivity contribution in [3.05, 3.63) is 22.1 Å². The summed E-state index contributed by atoms with van der Waals surface area (Å²) in [7, 11) is 0. The number of nitrogens with zero attached hydrogens (tertiary/aromatic N) is 1. The maximum atomic E-state index is 11.4. The zero-order valence-electron chi connectivity index (χ0n) is 11.4. The topological polar surface area (TPSA) is 79.5 Å². The molecule has 0 radical (unpaired) electrons. The van der Waals surface area contributed by atoms with Crippen molar-refractivity contribution >= 4 is 6.29 Å². The molecule has 0 bridgehead atoms. The van der Waals surface area contributed by atoms with Gasteiger partial charge >= 0.3 is 0 Å². The Hall–Kier alpha value is -1.78. The van der Waals surface area contributed by atoms with Crippen LogP contribution in [0.4, 0.5) is 0 Å². The lowest BCUT2D eigenvalue weighted by Crippen LogP contribution is -2.17. The second kappa shape index (κ2) is 6.97. The minimum absolute atomic E-state index is 0.0715. The fourth-order valence-corrected chi connectivity index (χ4v) is 2.12. The lowest BCUT2D eigenvalue weighted by Gasteiger charge is -2.18. The van der Waals surface area contributed by atoms with E-state index in [0.717, 1.165) is 25.7 Å². The van der Waals surface area contributed by atoms with Gasteiger partial charge in [-0.25, -0.2) is 0 Å². The van der Waals surface area contributed by atoms with Crippen LogP contribution in [0.1, 0.15) is 50.0 Å². The molecule has 5 nitrogen and oxygen atoms in total. The van der Waals surface area contributed by atoms with E-state index < -0.39 is 16.9 Å². The predicted octanol–water partition coefficient (Wildman–Crippen LogP) is 2.29. The quantitative estimate of drug-likeness (QED) is 0.743. The maximum absolute atomic E-state index is 11.4. The molecule has 1 unspecified atom stereocenters. The van der Waals surface area contributed by atoms with Gasteiger partial charge in [-0.15, -0.1) is 0 Å². The standard InChI is InChI=1S/C14H21NO4/c1-3-5-6-10(4-2)7-15-8-12(17)14(19)13(18)11(15)9-16/h8-10,17-18H,3-7H2,1-2H3. The third-order valence-electron chi connectivity index (χ3n) is 3.39. The number of hydrogen-bond acceptors (Lipinski definition) is 4. The van der Waals surface area contributed by atoms with Crippen LogP contribution >= 0.6 is 0 Å². The number of aldehydes is 1. The monoisotopic (exact) mass is 267 g/mol. The molecule has 0 amide bonds. The zero-order chi connectivity index (χ0) is 14.4. The first-order valence-corrected chi connectivity index (χ1v) is 6.65. The Morgan fingerprint density at radius 2 is 2.05 bits per heavy atom. The SMILES string of the molecule is CCCCC(CC)Cn1cc(O)c(=O)c(O)c1C=O. The summed E-state index contributed by atoms with van der Waals surface area (Å²) >= 11 is 0. The van der Waals surface area contributed by atoms with Crippen LogP contribution in [-0.4, -0.2) is 21.1 Å². The molecule has 1 rings (SSSR count). The van der Waals surface area contributed by atoms with E-state index in [4.69, 9.17) is 0 Å². The third kappa shape index (κ3) is 3.59. The van der Waals surface area contributed by atoms with E-state index in [2.05, 4.69) is 13.8 Å². The molecule has 106 valence electrons. The second-order valence-corrected chi connectivity index (χ2v) is 4.76. The summed E-state index contributed by atoms with van der Waals surface area (Å²) in [5.41, 5.74) is -0.974. The summed E-state index contributed by atoms with van der Waals surface area (Å²) in [5.74, 6) is -0.867. The van der Waals surface area contributed by atoms with E-state index in [0.29, 0.717) is 18.7 Å². The summed E-state index contributed by atoms with van der Waals surface area (Å²) in [6, 6.07) is 0. The van der Waals surface area contributed by atoms with Crippen molar-refractivity contribution in [2.75, 3.05) is 0 Å². The van der Waals surface area contributed by atoms with Crippen molar-refractivity contribution in [2.24, 2.45) is 5.92 Å². The van der Waals surface area contributed by atoms with Gasteiger partial charge in [0.25, 0.3) is 5.43 Å². The van der Waals surface area contributed by atoms with E-state index >= 15 is 0 Å². The van der Waals surface area contributed by atoms with Crippen LogP contribution in [0.5, 0.6) is 11.5 Å². The van der Waals surface area contributed by atoms with Gasteiger partial charge < -0.3 is 14.8 Å². The van der Waals surface area contributed by atoms with Gasteiger partial charge in [0, 0.05) is 6.54 Å². The number of unbranched alkanes of at least 4 members (excludes halogenated alkanes) is 1. The van der Waals surface area contributed by atoms with Crippen molar-refractivity contribution < 1.29 is 15.0 Å². The van der Waals surface area contributed by atoms with Crippen molar-refractivity contribution in [1.29, 1.82) is 0 Å². The normalized spacial score (nSPS) is 12.3. The van der Waals surface area contributed by atoms with Crippen LogP contribution in [0.2, 0.25) is 0 Å². The minimum atomic E-state index is -0.903. The molecule has 0 aromatic carbocycles. The lowest BCUT2D eigenvalue weighted by molar-refractivity contribution is 0.111. The average molecular weight is 267 g/mol. The maximum Gasteiger partial charge on any atom is 0.265 e. The summed E-state index contributed by atoms with van der Waals surface area (Å²) < 4.78 is 1.46. The largest absolute Gasteiger partial charge is 0.503 e. The number of hydrogen-bond donors (Lipinski definition) is 2. The van der Waals surface area contributed by atoms with Gasteiger partial charge in [-0.2, -0.15) is 0 Å². The summed E-state index contributed by atoms with van der Waals surface area (Å²) in [6.45, 7) is 4.68. The molecule has 0 aliphatic carbocycles. The molecule has 5 heteroatoms. The number of aromatic nitrogens is 1. The van der Waals surface area contributed by atoms with Crippen LogP contribution in [-0.2, 0) is 6.54 Å². The average Bonchev–Trinajstić information content (AvgIpc) is 2.41. The molecule has 1 aromatic rings. The Labute approximate surface area is 112 Å². The van der Waals surface area contributed by atoms with Crippen LogP contribution < -0.4 is 5.43 Å².